The van der Waals surface area contributed by atoms with Crippen LogP contribution in [0.5, 0.6) is 0 Å². The summed E-state index contributed by atoms with van der Waals surface area (Å²) in [6.07, 6.45) is 0. The Morgan fingerprint density at radius 2 is 0.730 bits per heavy atom. The third-order valence-electron chi connectivity index (χ3n) is 15.5. The van der Waals surface area contributed by atoms with Crippen LogP contribution in [0.3, 0.4) is 0 Å². The molecular formula is C73H55N. The Balaban J connectivity index is 0.970. The quantitative estimate of drug-likeness (QED) is 0.139. The van der Waals surface area contributed by atoms with Gasteiger partial charge in [-0.1, -0.05) is 263 Å². The maximum absolute atomic E-state index is 2.41. The van der Waals surface area contributed by atoms with E-state index in [1.165, 1.54) is 99.4 Å². The van der Waals surface area contributed by atoms with Crippen LogP contribution in [0, 0.1) is 0 Å². The smallest absolute Gasteiger partial charge is 0.0713 e. The second-order valence-electron chi connectivity index (χ2n) is 20.8. The SMILES string of the molecule is CC(C)(C)c1ccc(C2(c3ccc(-c4ccccc4)cc3)c3ccccc3-c3c(-c4cccc(N(c5ccc(-c6cccc7ccccc67)cc5)c5ccc(-c6cccc7ccccc67)cc5)c4)cccc32)cc1. The number of hydrogen-bond donors (Lipinski definition) is 0. The minimum absolute atomic E-state index is 0.0260. The van der Waals surface area contributed by atoms with Crippen LogP contribution in [-0.4, -0.2) is 0 Å². The van der Waals surface area contributed by atoms with Crippen molar-refractivity contribution in [2.75, 3.05) is 4.90 Å². The van der Waals surface area contributed by atoms with Gasteiger partial charge >= 0.3 is 0 Å². The maximum atomic E-state index is 2.41. The van der Waals surface area contributed by atoms with Crippen molar-refractivity contribution in [1.82, 2.24) is 0 Å². The number of hydrogen-bond acceptors (Lipinski definition) is 1. The molecule has 352 valence electrons. The molecule has 0 amide bonds. The van der Waals surface area contributed by atoms with Gasteiger partial charge in [0, 0.05) is 17.1 Å². The van der Waals surface area contributed by atoms with E-state index >= 15 is 0 Å². The highest BCUT2D eigenvalue weighted by Crippen LogP contribution is 2.59. The number of rotatable bonds is 9. The van der Waals surface area contributed by atoms with E-state index < -0.39 is 5.41 Å². The molecular weight excluding hydrogens is 891 g/mol. The summed E-state index contributed by atoms with van der Waals surface area (Å²) in [7, 11) is 0. The van der Waals surface area contributed by atoms with Gasteiger partial charge in [-0.3, -0.25) is 0 Å². The molecule has 0 saturated carbocycles. The van der Waals surface area contributed by atoms with Crippen molar-refractivity contribution in [1.29, 1.82) is 0 Å². The van der Waals surface area contributed by atoms with E-state index in [0.29, 0.717) is 0 Å². The van der Waals surface area contributed by atoms with Crippen molar-refractivity contribution in [2.45, 2.75) is 31.6 Å². The lowest BCUT2D eigenvalue weighted by atomic mass is 9.67. The summed E-state index contributed by atoms with van der Waals surface area (Å²) in [5.41, 5.74) is 21.3. The molecule has 1 nitrogen and oxygen atoms in total. The molecule has 0 fully saturated rings. The Labute approximate surface area is 435 Å². The Kier molecular flexibility index (Phi) is 11.0. The first-order chi connectivity index (χ1) is 36.3. The molecule has 0 heterocycles. The number of nitrogens with zero attached hydrogens (tertiary/aromatic N) is 1. The molecule has 74 heavy (non-hydrogen) atoms. The molecule has 1 heteroatoms. The summed E-state index contributed by atoms with van der Waals surface area (Å²) in [4.78, 5) is 2.41. The standard InChI is InChI=1S/C73H55N/c1-72(2,3)57-41-43-59(44-42-57)73(58-39-33-51(34-40-58)50-17-5-4-6-18-50)69-31-12-11-27-68(69)71-67(30-16-32-70(71)73)56-23-13-24-62(49-56)74(60-45-35-54(36-46-60)65-28-14-21-52-19-7-9-25-63(52)65)61-47-37-55(38-48-61)66-29-15-22-53-20-8-10-26-64(53)66/h4-49H,1-3H3. The van der Waals surface area contributed by atoms with Crippen molar-refractivity contribution < 1.29 is 0 Å². The van der Waals surface area contributed by atoms with Crippen molar-refractivity contribution in [3.63, 3.8) is 0 Å². The average Bonchev–Trinajstić information content (AvgIpc) is 3.80. The van der Waals surface area contributed by atoms with E-state index in [9.17, 15) is 0 Å². The summed E-state index contributed by atoms with van der Waals surface area (Å²) >= 11 is 0. The van der Waals surface area contributed by atoms with Crippen LogP contribution in [0.25, 0.3) is 77.2 Å². The lowest BCUT2D eigenvalue weighted by Gasteiger charge is -2.34. The summed E-state index contributed by atoms with van der Waals surface area (Å²) < 4.78 is 0. The fourth-order valence-electron chi connectivity index (χ4n) is 11.9. The molecule has 13 rings (SSSR count). The monoisotopic (exact) mass is 945 g/mol. The van der Waals surface area contributed by atoms with E-state index in [0.717, 1.165) is 22.6 Å². The van der Waals surface area contributed by atoms with Gasteiger partial charge in [-0.2, -0.15) is 0 Å². The number of anilines is 3. The van der Waals surface area contributed by atoms with Crippen LogP contribution in [0.4, 0.5) is 17.1 Å². The van der Waals surface area contributed by atoms with Crippen LogP contribution < -0.4 is 4.90 Å². The normalized spacial score (nSPS) is 13.9. The van der Waals surface area contributed by atoms with Gasteiger partial charge in [0.2, 0.25) is 0 Å². The Hall–Kier alpha value is -9.04. The van der Waals surface area contributed by atoms with E-state index in [4.69, 9.17) is 0 Å². The summed E-state index contributed by atoms with van der Waals surface area (Å²) in [5, 5.41) is 4.99. The summed E-state index contributed by atoms with van der Waals surface area (Å²) in [6, 6.07) is 104. The van der Waals surface area contributed by atoms with Crippen LogP contribution in [0.1, 0.15) is 48.6 Å². The van der Waals surface area contributed by atoms with Gasteiger partial charge in [-0.15, -0.1) is 0 Å². The summed E-state index contributed by atoms with van der Waals surface area (Å²) in [6.45, 7) is 6.89. The third kappa shape index (κ3) is 7.63. The second-order valence-corrected chi connectivity index (χ2v) is 20.8. The largest absolute Gasteiger partial charge is 0.310 e. The van der Waals surface area contributed by atoms with Crippen LogP contribution in [0.15, 0.2) is 279 Å². The summed E-state index contributed by atoms with van der Waals surface area (Å²) in [5.74, 6) is 0. The third-order valence-corrected chi connectivity index (χ3v) is 15.5. The number of benzene rings is 12. The van der Waals surface area contributed by atoms with E-state index in [1.807, 2.05) is 0 Å². The molecule has 1 aliphatic carbocycles. The molecule has 1 aliphatic rings. The minimum Gasteiger partial charge on any atom is -0.310 e. The zero-order chi connectivity index (χ0) is 49.8. The molecule has 0 N–H and O–H groups in total. The molecule has 0 spiro atoms. The Morgan fingerprint density at radius 1 is 0.297 bits per heavy atom. The molecule has 1 atom stereocenters. The predicted octanol–water partition coefficient (Wildman–Crippen LogP) is 19.8. The van der Waals surface area contributed by atoms with Gasteiger partial charge in [-0.25, -0.2) is 0 Å². The van der Waals surface area contributed by atoms with Gasteiger partial charge in [-0.05, 0) is 147 Å². The van der Waals surface area contributed by atoms with E-state index in [-0.39, 0.29) is 5.41 Å². The fraction of sp³-hybridized carbons (Fsp3) is 0.0685. The molecule has 12 aromatic carbocycles. The van der Waals surface area contributed by atoms with E-state index in [2.05, 4.69) is 305 Å². The first kappa shape index (κ1) is 44.9. The lowest BCUT2D eigenvalue weighted by Crippen LogP contribution is -2.28. The molecule has 0 radical (unpaired) electrons. The fourth-order valence-corrected chi connectivity index (χ4v) is 11.9. The molecule has 0 aromatic heterocycles. The van der Waals surface area contributed by atoms with Gasteiger partial charge in [0.1, 0.15) is 0 Å². The van der Waals surface area contributed by atoms with Gasteiger partial charge < -0.3 is 4.90 Å². The van der Waals surface area contributed by atoms with Gasteiger partial charge in [0.25, 0.3) is 0 Å². The van der Waals surface area contributed by atoms with E-state index in [1.54, 1.807) is 0 Å². The first-order valence-electron chi connectivity index (χ1n) is 25.9. The van der Waals surface area contributed by atoms with Crippen molar-refractivity contribution in [3.8, 4) is 55.6 Å². The first-order valence-corrected chi connectivity index (χ1v) is 25.9. The van der Waals surface area contributed by atoms with Crippen LogP contribution in [0.2, 0.25) is 0 Å². The molecule has 1 unspecified atom stereocenters. The number of fused-ring (bicyclic) bond motifs is 5. The molecule has 0 bridgehead atoms. The molecule has 0 saturated heterocycles. The Morgan fingerprint density at radius 3 is 1.34 bits per heavy atom. The van der Waals surface area contributed by atoms with Gasteiger partial charge in [0.05, 0.1) is 5.41 Å². The highest BCUT2D eigenvalue weighted by molar-refractivity contribution is 6.00. The lowest BCUT2D eigenvalue weighted by molar-refractivity contribution is 0.589. The highest BCUT2D eigenvalue weighted by atomic mass is 15.1. The zero-order valence-corrected chi connectivity index (χ0v) is 42.0. The average molecular weight is 946 g/mol. The topological polar surface area (TPSA) is 3.24 Å². The maximum Gasteiger partial charge on any atom is 0.0713 e. The van der Waals surface area contributed by atoms with Crippen molar-refractivity contribution in [3.05, 3.63) is 307 Å². The highest BCUT2D eigenvalue weighted by Gasteiger charge is 2.47. The predicted molar refractivity (Wildman–Crippen MR) is 314 cm³/mol. The zero-order valence-electron chi connectivity index (χ0n) is 42.0. The van der Waals surface area contributed by atoms with Crippen LogP contribution >= 0.6 is 0 Å². The molecule has 0 aliphatic heterocycles. The minimum atomic E-state index is -0.561. The second kappa shape index (κ2) is 18.2. The van der Waals surface area contributed by atoms with Gasteiger partial charge in [0.15, 0.2) is 0 Å². The van der Waals surface area contributed by atoms with Crippen molar-refractivity contribution in [2.24, 2.45) is 0 Å². The molecule has 12 aromatic rings. The van der Waals surface area contributed by atoms with Crippen LogP contribution in [-0.2, 0) is 10.8 Å². The van der Waals surface area contributed by atoms with Crippen molar-refractivity contribution >= 4 is 38.6 Å². The Bertz CT molecular complexity index is 3880.